The molecule has 0 unspecified atom stereocenters. The molecule has 0 spiro atoms. The van der Waals surface area contributed by atoms with E-state index in [2.05, 4.69) is 4.90 Å². The van der Waals surface area contributed by atoms with Gasteiger partial charge in [0.25, 0.3) is 0 Å². The molecule has 0 saturated carbocycles. The fraction of sp³-hybridized carbons (Fsp3) is 0.571. The maximum absolute atomic E-state index is 13.2. The topological polar surface area (TPSA) is 26.7 Å². The Hall–Kier alpha value is -1.27. The largest absolute Gasteiger partial charge is 0.418 e. The van der Waals surface area contributed by atoms with Crippen LogP contribution in [0, 0.1) is 0 Å². The third-order valence-corrected chi connectivity index (χ3v) is 3.61. The Kier molecular flexibility index (Phi) is 4.55. The van der Waals surface area contributed by atoms with Crippen LogP contribution < -0.4 is 4.90 Å². The molecule has 1 heterocycles. The highest BCUT2D eigenvalue weighted by Gasteiger charge is 2.35. The third-order valence-electron chi connectivity index (χ3n) is 3.61. The van der Waals surface area contributed by atoms with E-state index in [-0.39, 0.29) is 17.9 Å². The van der Waals surface area contributed by atoms with E-state index in [1.807, 2.05) is 7.05 Å². The van der Waals surface area contributed by atoms with Crippen LogP contribution in [0.25, 0.3) is 0 Å². The number of rotatable bonds is 2. The molecule has 0 aliphatic carbocycles. The monoisotopic (exact) mass is 288 g/mol. The second-order valence-corrected chi connectivity index (χ2v) is 5.15. The summed E-state index contributed by atoms with van der Waals surface area (Å²) in [6, 6.07) is 4.07. The summed E-state index contributed by atoms with van der Waals surface area (Å²) < 4.78 is 39.5. The molecule has 6 heteroatoms. The van der Waals surface area contributed by atoms with Gasteiger partial charge in [-0.05, 0) is 37.7 Å². The molecule has 112 valence electrons. The normalized spacial score (nSPS) is 18.1. The SMILES string of the molecule is CN1CCCN(c2ccc(CO)cc2C(F)(F)F)CC1. The molecule has 0 amide bonds. The van der Waals surface area contributed by atoms with Gasteiger partial charge in [-0.1, -0.05) is 6.07 Å². The zero-order valence-corrected chi connectivity index (χ0v) is 11.5. The highest BCUT2D eigenvalue weighted by Crippen LogP contribution is 2.37. The van der Waals surface area contributed by atoms with Crippen LogP contribution in [0.15, 0.2) is 18.2 Å². The maximum Gasteiger partial charge on any atom is 0.418 e. The first-order valence-electron chi connectivity index (χ1n) is 6.66. The Bertz CT molecular complexity index is 462. The van der Waals surface area contributed by atoms with E-state index < -0.39 is 11.7 Å². The molecule has 1 fully saturated rings. The van der Waals surface area contributed by atoms with Gasteiger partial charge >= 0.3 is 6.18 Å². The second kappa shape index (κ2) is 6.01. The first-order valence-corrected chi connectivity index (χ1v) is 6.66. The molecule has 3 nitrogen and oxygen atoms in total. The standard InChI is InChI=1S/C14H19F3N2O/c1-18-5-2-6-19(8-7-18)13-4-3-11(10-20)9-12(13)14(15,16)17/h3-4,9,20H,2,5-8,10H2,1H3. The number of benzene rings is 1. The van der Waals surface area contributed by atoms with E-state index in [0.29, 0.717) is 13.1 Å². The van der Waals surface area contributed by atoms with Crippen molar-refractivity contribution in [2.24, 2.45) is 0 Å². The first kappa shape index (κ1) is 15.1. The maximum atomic E-state index is 13.2. The smallest absolute Gasteiger partial charge is 0.392 e. The summed E-state index contributed by atoms with van der Waals surface area (Å²) in [5, 5.41) is 9.02. The van der Waals surface area contributed by atoms with Crippen LogP contribution >= 0.6 is 0 Å². The Morgan fingerprint density at radius 2 is 1.90 bits per heavy atom. The average Bonchev–Trinajstić information content (AvgIpc) is 2.62. The van der Waals surface area contributed by atoms with Crippen molar-refractivity contribution in [3.63, 3.8) is 0 Å². The fourth-order valence-electron chi connectivity index (χ4n) is 2.47. The van der Waals surface area contributed by atoms with E-state index >= 15 is 0 Å². The van der Waals surface area contributed by atoms with Crippen LogP contribution in [0.4, 0.5) is 18.9 Å². The van der Waals surface area contributed by atoms with E-state index in [1.54, 1.807) is 11.0 Å². The lowest BCUT2D eigenvalue weighted by Crippen LogP contribution is -2.30. The molecule has 1 aromatic rings. The predicted molar refractivity (Wildman–Crippen MR) is 71.7 cm³/mol. The minimum absolute atomic E-state index is 0.213. The highest BCUT2D eigenvalue weighted by atomic mass is 19.4. The van der Waals surface area contributed by atoms with Gasteiger partial charge in [-0.15, -0.1) is 0 Å². The van der Waals surface area contributed by atoms with Gasteiger partial charge in [0, 0.05) is 25.3 Å². The molecule has 1 aromatic carbocycles. The number of aliphatic hydroxyl groups excluding tert-OH is 1. The van der Waals surface area contributed by atoms with Crippen LogP contribution in [0.2, 0.25) is 0 Å². The van der Waals surface area contributed by atoms with E-state index in [1.165, 1.54) is 6.07 Å². The van der Waals surface area contributed by atoms with Crippen molar-refractivity contribution < 1.29 is 18.3 Å². The van der Waals surface area contributed by atoms with Crippen molar-refractivity contribution in [3.8, 4) is 0 Å². The van der Waals surface area contributed by atoms with Crippen LogP contribution in [0.1, 0.15) is 17.5 Å². The molecular weight excluding hydrogens is 269 g/mol. The predicted octanol–water partition coefficient (Wildman–Crippen LogP) is 2.34. The summed E-state index contributed by atoms with van der Waals surface area (Å²) >= 11 is 0. The zero-order chi connectivity index (χ0) is 14.8. The Balaban J connectivity index is 2.34. The number of likely N-dealkylation sites (N-methyl/N-ethyl adjacent to an activating group) is 1. The molecule has 2 rings (SSSR count). The van der Waals surface area contributed by atoms with E-state index in [0.717, 1.165) is 25.6 Å². The van der Waals surface area contributed by atoms with Crippen LogP contribution in [0.5, 0.6) is 0 Å². The van der Waals surface area contributed by atoms with E-state index in [9.17, 15) is 13.2 Å². The molecule has 0 radical (unpaired) electrons. The number of nitrogens with zero attached hydrogens (tertiary/aromatic N) is 2. The lowest BCUT2D eigenvalue weighted by Gasteiger charge is -2.26. The summed E-state index contributed by atoms with van der Waals surface area (Å²) in [4.78, 5) is 3.91. The molecule has 0 aromatic heterocycles. The molecule has 1 N–H and O–H groups in total. The number of aliphatic hydroxyl groups is 1. The van der Waals surface area contributed by atoms with Crippen molar-refractivity contribution in [1.82, 2.24) is 4.90 Å². The Morgan fingerprint density at radius 3 is 2.55 bits per heavy atom. The lowest BCUT2D eigenvalue weighted by molar-refractivity contribution is -0.137. The number of halogens is 3. The van der Waals surface area contributed by atoms with Gasteiger partial charge in [0.2, 0.25) is 0 Å². The molecule has 0 bridgehead atoms. The zero-order valence-electron chi connectivity index (χ0n) is 11.5. The molecule has 20 heavy (non-hydrogen) atoms. The van der Waals surface area contributed by atoms with Crippen LogP contribution in [0.3, 0.4) is 0 Å². The van der Waals surface area contributed by atoms with Crippen molar-refractivity contribution in [3.05, 3.63) is 29.3 Å². The molecule has 1 aliphatic rings. The number of hydrogen-bond acceptors (Lipinski definition) is 3. The Morgan fingerprint density at radius 1 is 1.15 bits per heavy atom. The molecular formula is C14H19F3N2O. The van der Waals surface area contributed by atoms with Gasteiger partial charge in [-0.2, -0.15) is 13.2 Å². The van der Waals surface area contributed by atoms with Crippen LogP contribution in [-0.4, -0.2) is 43.2 Å². The van der Waals surface area contributed by atoms with Gasteiger partial charge in [0.1, 0.15) is 0 Å². The van der Waals surface area contributed by atoms with Gasteiger partial charge in [-0.3, -0.25) is 0 Å². The second-order valence-electron chi connectivity index (χ2n) is 5.15. The molecule has 1 aliphatic heterocycles. The summed E-state index contributed by atoms with van der Waals surface area (Å²) in [5.41, 5.74) is -0.161. The summed E-state index contributed by atoms with van der Waals surface area (Å²) in [6.07, 6.45) is -3.56. The van der Waals surface area contributed by atoms with Gasteiger partial charge in [0.15, 0.2) is 0 Å². The summed E-state index contributed by atoms with van der Waals surface area (Å²) in [7, 11) is 1.98. The Labute approximate surface area is 116 Å². The summed E-state index contributed by atoms with van der Waals surface area (Å²) in [5.74, 6) is 0. The quantitative estimate of drug-likeness (QED) is 0.905. The molecule has 1 saturated heterocycles. The van der Waals surface area contributed by atoms with Crippen molar-refractivity contribution in [1.29, 1.82) is 0 Å². The van der Waals surface area contributed by atoms with Gasteiger partial charge in [0.05, 0.1) is 12.2 Å². The minimum atomic E-state index is -4.40. The number of hydrogen-bond donors (Lipinski definition) is 1. The van der Waals surface area contributed by atoms with Crippen molar-refractivity contribution in [2.75, 3.05) is 38.1 Å². The minimum Gasteiger partial charge on any atom is -0.392 e. The van der Waals surface area contributed by atoms with Gasteiger partial charge < -0.3 is 14.9 Å². The fourth-order valence-corrected chi connectivity index (χ4v) is 2.47. The van der Waals surface area contributed by atoms with Crippen molar-refractivity contribution >= 4 is 5.69 Å². The first-order chi connectivity index (χ1) is 9.41. The van der Waals surface area contributed by atoms with E-state index in [4.69, 9.17) is 5.11 Å². The number of alkyl halides is 3. The highest BCUT2D eigenvalue weighted by molar-refractivity contribution is 5.56. The molecule has 0 atom stereocenters. The third kappa shape index (κ3) is 3.43. The lowest BCUT2D eigenvalue weighted by atomic mass is 10.1. The van der Waals surface area contributed by atoms with Gasteiger partial charge in [-0.25, -0.2) is 0 Å². The summed E-state index contributed by atoms with van der Waals surface area (Å²) in [6.45, 7) is 2.46. The van der Waals surface area contributed by atoms with Crippen molar-refractivity contribution in [2.45, 2.75) is 19.2 Å². The number of anilines is 1. The average molecular weight is 288 g/mol. The van der Waals surface area contributed by atoms with Crippen LogP contribution in [-0.2, 0) is 12.8 Å².